The van der Waals surface area contributed by atoms with Crippen LogP contribution in [0.2, 0.25) is 0 Å². The molecule has 7 heteroatoms. The fourth-order valence-electron chi connectivity index (χ4n) is 4.72. The zero-order valence-corrected chi connectivity index (χ0v) is 20.2. The maximum absolute atomic E-state index is 13.5. The molecule has 0 aromatic heterocycles. The van der Waals surface area contributed by atoms with E-state index in [0.717, 1.165) is 22.9 Å². The van der Waals surface area contributed by atoms with Crippen LogP contribution < -0.4 is 9.47 Å². The summed E-state index contributed by atoms with van der Waals surface area (Å²) in [5, 5.41) is 0. The minimum atomic E-state index is -3.59. The minimum absolute atomic E-state index is 0.335. The molecular weight excluding hydrogens is 478 g/mol. The molecule has 2 aliphatic carbocycles. The highest BCUT2D eigenvalue weighted by atomic mass is 79.9. The summed E-state index contributed by atoms with van der Waals surface area (Å²) in [6.45, 7) is 0.975. The van der Waals surface area contributed by atoms with E-state index in [0.29, 0.717) is 53.7 Å². The van der Waals surface area contributed by atoms with Crippen molar-refractivity contribution in [1.29, 1.82) is 0 Å². The van der Waals surface area contributed by atoms with Crippen molar-refractivity contribution < 1.29 is 17.9 Å². The van der Waals surface area contributed by atoms with Crippen LogP contribution in [-0.2, 0) is 16.4 Å². The van der Waals surface area contributed by atoms with Gasteiger partial charge < -0.3 is 9.47 Å². The molecule has 3 atom stereocenters. The molecule has 3 unspecified atom stereocenters. The van der Waals surface area contributed by atoms with E-state index in [1.165, 1.54) is 0 Å². The Hall–Kier alpha value is -1.83. The molecule has 31 heavy (non-hydrogen) atoms. The van der Waals surface area contributed by atoms with Crippen LogP contribution >= 0.6 is 15.9 Å². The van der Waals surface area contributed by atoms with Crippen LogP contribution in [0.1, 0.15) is 18.4 Å². The normalized spacial score (nSPS) is 22.3. The van der Waals surface area contributed by atoms with Crippen molar-refractivity contribution in [2.75, 3.05) is 27.3 Å². The Labute approximate surface area is 193 Å². The number of fused-ring (bicyclic) bond motifs is 2. The maximum Gasteiger partial charge on any atom is 0.243 e. The Morgan fingerprint density at radius 1 is 1.00 bits per heavy atom. The Morgan fingerprint density at radius 3 is 2.35 bits per heavy atom. The fourth-order valence-corrected chi connectivity index (χ4v) is 6.48. The first-order valence-electron chi connectivity index (χ1n) is 10.6. The SMILES string of the molecule is COc1ccc(CCN(CC2CC3C=CC2C3)S(=O)(=O)c2ccc(Br)cc2)cc1OC. The number of methoxy groups -OCH3 is 2. The second kappa shape index (κ2) is 9.35. The van der Waals surface area contributed by atoms with Gasteiger partial charge in [-0.05, 0) is 79.0 Å². The number of benzene rings is 2. The van der Waals surface area contributed by atoms with Crippen molar-refractivity contribution in [3.8, 4) is 11.5 Å². The van der Waals surface area contributed by atoms with E-state index >= 15 is 0 Å². The molecule has 2 aromatic rings. The van der Waals surface area contributed by atoms with Crippen LogP contribution in [0.3, 0.4) is 0 Å². The summed E-state index contributed by atoms with van der Waals surface area (Å²) in [7, 11) is -0.378. The van der Waals surface area contributed by atoms with E-state index in [2.05, 4.69) is 28.1 Å². The molecule has 1 fully saturated rings. The van der Waals surface area contributed by atoms with Gasteiger partial charge in [-0.15, -0.1) is 0 Å². The smallest absolute Gasteiger partial charge is 0.243 e. The molecule has 0 heterocycles. The van der Waals surface area contributed by atoms with Crippen LogP contribution in [-0.4, -0.2) is 40.0 Å². The first-order chi connectivity index (χ1) is 14.9. The molecule has 166 valence electrons. The minimum Gasteiger partial charge on any atom is -0.493 e. The number of halogens is 1. The molecule has 0 saturated heterocycles. The first kappa shape index (κ1) is 22.4. The summed E-state index contributed by atoms with van der Waals surface area (Å²) in [6, 6.07) is 12.6. The molecule has 2 aromatic carbocycles. The van der Waals surface area contributed by atoms with Gasteiger partial charge in [0.1, 0.15) is 0 Å². The van der Waals surface area contributed by atoms with Gasteiger partial charge in [0.05, 0.1) is 19.1 Å². The molecule has 2 aliphatic rings. The lowest BCUT2D eigenvalue weighted by atomic mass is 9.93. The fraction of sp³-hybridized carbons (Fsp3) is 0.417. The zero-order valence-electron chi connectivity index (χ0n) is 17.8. The number of hydrogen-bond donors (Lipinski definition) is 0. The summed E-state index contributed by atoms with van der Waals surface area (Å²) in [6.07, 6.45) is 7.40. The number of rotatable bonds is 9. The summed E-state index contributed by atoms with van der Waals surface area (Å²) >= 11 is 3.39. The van der Waals surface area contributed by atoms with Crippen LogP contribution in [0.4, 0.5) is 0 Å². The highest BCUT2D eigenvalue weighted by Gasteiger charge is 2.38. The van der Waals surface area contributed by atoms with Crippen LogP contribution in [0.15, 0.2) is 64.0 Å². The average Bonchev–Trinajstić information content (AvgIpc) is 3.40. The molecule has 5 nitrogen and oxygen atoms in total. The lowest BCUT2D eigenvalue weighted by molar-refractivity contribution is 0.313. The number of nitrogens with zero attached hydrogens (tertiary/aromatic N) is 1. The molecular formula is C24H28BrNO4S. The van der Waals surface area contributed by atoms with Gasteiger partial charge in [-0.3, -0.25) is 0 Å². The maximum atomic E-state index is 13.5. The Morgan fingerprint density at radius 2 is 1.74 bits per heavy atom. The molecule has 0 N–H and O–H groups in total. The molecule has 0 spiro atoms. The molecule has 0 radical (unpaired) electrons. The van der Waals surface area contributed by atoms with E-state index in [-0.39, 0.29) is 0 Å². The first-order valence-corrected chi connectivity index (χ1v) is 12.8. The predicted molar refractivity (Wildman–Crippen MR) is 125 cm³/mol. The third kappa shape index (κ3) is 4.83. The molecule has 2 bridgehead atoms. The second-order valence-corrected chi connectivity index (χ2v) is 11.2. The summed E-state index contributed by atoms with van der Waals surface area (Å²) in [5.41, 5.74) is 1.02. The number of ether oxygens (including phenoxy) is 2. The van der Waals surface area contributed by atoms with Crippen molar-refractivity contribution in [3.63, 3.8) is 0 Å². The van der Waals surface area contributed by atoms with Crippen LogP contribution in [0.25, 0.3) is 0 Å². The van der Waals surface area contributed by atoms with Gasteiger partial charge in [0, 0.05) is 17.6 Å². The van der Waals surface area contributed by atoms with E-state index in [1.54, 1.807) is 42.8 Å². The van der Waals surface area contributed by atoms with Crippen LogP contribution in [0, 0.1) is 17.8 Å². The van der Waals surface area contributed by atoms with Gasteiger partial charge in [-0.1, -0.05) is 34.1 Å². The van der Waals surface area contributed by atoms with Crippen molar-refractivity contribution in [2.24, 2.45) is 17.8 Å². The highest BCUT2D eigenvalue weighted by Crippen LogP contribution is 2.44. The van der Waals surface area contributed by atoms with Crippen molar-refractivity contribution in [3.05, 3.63) is 64.7 Å². The molecule has 0 amide bonds. The predicted octanol–water partition coefficient (Wildman–Crippen LogP) is 4.91. The lowest BCUT2D eigenvalue weighted by Gasteiger charge is -2.28. The number of hydrogen-bond acceptors (Lipinski definition) is 4. The quantitative estimate of drug-likeness (QED) is 0.454. The van der Waals surface area contributed by atoms with Crippen molar-refractivity contribution >= 4 is 26.0 Å². The lowest BCUT2D eigenvalue weighted by Crippen LogP contribution is -2.38. The molecule has 4 rings (SSSR count). The number of sulfonamides is 1. The molecule has 1 saturated carbocycles. The second-order valence-electron chi connectivity index (χ2n) is 8.30. The summed E-state index contributed by atoms with van der Waals surface area (Å²) in [4.78, 5) is 0.335. The molecule has 0 aliphatic heterocycles. The standard InChI is InChI=1S/C24H28BrNO4S/c1-29-23-10-4-17(15-24(23)30-2)11-12-26(16-20-14-18-3-5-19(20)13-18)31(27,28)22-8-6-21(25)7-9-22/h3-10,15,18-20H,11-14,16H2,1-2H3. The zero-order chi connectivity index (χ0) is 22.0. The van der Waals surface area contributed by atoms with Gasteiger partial charge in [0.15, 0.2) is 11.5 Å². The van der Waals surface area contributed by atoms with Gasteiger partial charge in [0.25, 0.3) is 0 Å². The van der Waals surface area contributed by atoms with Crippen molar-refractivity contribution in [1.82, 2.24) is 4.31 Å². The Balaban J connectivity index is 1.56. The van der Waals surface area contributed by atoms with Crippen molar-refractivity contribution in [2.45, 2.75) is 24.2 Å². The van der Waals surface area contributed by atoms with E-state index in [9.17, 15) is 8.42 Å². The third-order valence-corrected chi connectivity index (χ3v) is 8.81. The van der Waals surface area contributed by atoms with Gasteiger partial charge >= 0.3 is 0 Å². The summed E-state index contributed by atoms with van der Waals surface area (Å²) in [5.74, 6) is 2.80. The third-order valence-electron chi connectivity index (χ3n) is 6.40. The summed E-state index contributed by atoms with van der Waals surface area (Å²) < 4.78 is 40.3. The average molecular weight is 506 g/mol. The van der Waals surface area contributed by atoms with Gasteiger partial charge in [-0.2, -0.15) is 4.31 Å². The Kier molecular flexibility index (Phi) is 6.74. The number of allylic oxidation sites excluding steroid dienone is 2. The topological polar surface area (TPSA) is 55.8 Å². The highest BCUT2D eigenvalue weighted by molar-refractivity contribution is 9.10. The van der Waals surface area contributed by atoms with E-state index in [1.807, 2.05) is 18.2 Å². The van der Waals surface area contributed by atoms with Crippen LogP contribution in [0.5, 0.6) is 11.5 Å². The van der Waals surface area contributed by atoms with E-state index < -0.39 is 10.0 Å². The Bertz CT molecular complexity index is 1050. The van der Waals surface area contributed by atoms with Gasteiger partial charge in [0.2, 0.25) is 10.0 Å². The van der Waals surface area contributed by atoms with E-state index in [4.69, 9.17) is 9.47 Å². The largest absolute Gasteiger partial charge is 0.493 e. The van der Waals surface area contributed by atoms with Gasteiger partial charge in [-0.25, -0.2) is 8.42 Å². The monoisotopic (exact) mass is 505 g/mol.